The number of thiol groups is 1. The van der Waals surface area contributed by atoms with Gasteiger partial charge in [0.2, 0.25) is 0 Å². The third-order valence-electron chi connectivity index (χ3n) is 1.85. The Balaban J connectivity index is 3.06. The summed E-state index contributed by atoms with van der Waals surface area (Å²) in [6.07, 6.45) is 0.178. The molecule has 15 heavy (non-hydrogen) atoms. The Morgan fingerprint density at radius 3 is 2.87 bits per heavy atom. The molecule has 5 heteroatoms. The average molecular weight is 333 g/mol. The molecule has 0 saturated carbocycles. The van der Waals surface area contributed by atoms with Crippen LogP contribution in [0, 0.1) is 14.9 Å². The van der Waals surface area contributed by atoms with E-state index in [-0.39, 0.29) is 12.4 Å². The van der Waals surface area contributed by atoms with Crippen molar-refractivity contribution in [2.24, 2.45) is 0 Å². The van der Waals surface area contributed by atoms with Crippen molar-refractivity contribution in [2.75, 3.05) is 7.11 Å². The minimum Gasteiger partial charge on any atom is -0.469 e. The summed E-state index contributed by atoms with van der Waals surface area (Å²) in [4.78, 5) is 11.7. The van der Waals surface area contributed by atoms with Crippen molar-refractivity contribution in [3.8, 4) is 6.07 Å². The maximum absolute atomic E-state index is 11.1. The number of halogens is 1. The van der Waals surface area contributed by atoms with Crippen LogP contribution in [0.5, 0.6) is 0 Å². The van der Waals surface area contributed by atoms with Gasteiger partial charge in [-0.25, -0.2) is 0 Å². The molecule has 0 aliphatic rings. The number of carbonyl (C=O) groups excluding carboxylic acids is 1. The van der Waals surface area contributed by atoms with Gasteiger partial charge in [-0.1, -0.05) is 0 Å². The van der Waals surface area contributed by atoms with Gasteiger partial charge in [-0.2, -0.15) is 5.26 Å². The molecule has 0 aliphatic carbocycles. The number of carbonyl (C=O) groups is 1. The Kier molecular flexibility index (Phi) is 4.42. The summed E-state index contributed by atoms with van der Waals surface area (Å²) in [6.45, 7) is 0. The van der Waals surface area contributed by atoms with E-state index in [1.807, 2.05) is 0 Å². The van der Waals surface area contributed by atoms with Gasteiger partial charge in [0.05, 0.1) is 19.1 Å². The van der Waals surface area contributed by atoms with Gasteiger partial charge in [0.25, 0.3) is 0 Å². The van der Waals surface area contributed by atoms with Crippen LogP contribution < -0.4 is 0 Å². The van der Waals surface area contributed by atoms with Crippen LogP contribution in [0.1, 0.15) is 11.1 Å². The molecule has 0 amide bonds. The van der Waals surface area contributed by atoms with Crippen molar-refractivity contribution in [3.05, 3.63) is 26.8 Å². The summed E-state index contributed by atoms with van der Waals surface area (Å²) in [5.41, 5.74) is 1.34. The molecule has 1 aromatic carbocycles. The zero-order valence-corrected chi connectivity index (χ0v) is 11.0. The predicted octanol–water partition coefficient (Wildman–Crippen LogP) is 2.17. The van der Waals surface area contributed by atoms with E-state index in [0.29, 0.717) is 10.5 Å². The van der Waals surface area contributed by atoms with Crippen molar-refractivity contribution in [1.29, 1.82) is 5.26 Å². The highest BCUT2D eigenvalue weighted by Crippen LogP contribution is 2.22. The van der Waals surface area contributed by atoms with Gasteiger partial charge in [-0.3, -0.25) is 4.79 Å². The van der Waals surface area contributed by atoms with Gasteiger partial charge in [-0.15, -0.1) is 12.6 Å². The van der Waals surface area contributed by atoms with Gasteiger partial charge in [0.15, 0.2) is 0 Å². The van der Waals surface area contributed by atoms with E-state index in [9.17, 15) is 4.79 Å². The van der Waals surface area contributed by atoms with Crippen molar-refractivity contribution in [1.82, 2.24) is 0 Å². The standard InChI is InChI=1S/C10H8INO2S/c1-14-10(13)4-6-2-8(11)7(5-12)3-9(6)15/h2-3,15H,4H2,1H3. The zero-order valence-electron chi connectivity index (χ0n) is 7.95. The first-order chi connectivity index (χ1) is 7.08. The Morgan fingerprint density at radius 1 is 1.67 bits per heavy atom. The second kappa shape index (κ2) is 5.37. The number of nitrogens with zero attached hydrogens (tertiary/aromatic N) is 1. The molecule has 0 atom stereocenters. The fourth-order valence-corrected chi connectivity index (χ4v) is 1.98. The summed E-state index contributed by atoms with van der Waals surface area (Å²) in [7, 11) is 1.34. The number of methoxy groups -OCH3 is 1. The average Bonchev–Trinajstić information content (AvgIpc) is 2.22. The molecular weight excluding hydrogens is 325 g/mol. The second-order valence-corrected chi connectivity index (χ2v) is 4.47. The van der Waals surface area contributed by atoms with Gasteiger partial charge < -0.3 is 4.74 Å². The lowest BCUT2D eigenvalue weighted by atomic mass is 10.1. The Labute approximate surface area is 107 Å². The van der Waals surface area contributed by atoms with Crippen LogP contribution in [-0.2, 0) is 16.0 Å². The van der Waals surface area contributed by atoms with Crippen LogP contribution in [0.25, 0.3) is 0 Å². The molecule has 1 rings (SSSR count). The molecule has 3 nitrogen and oxygen atoms in total. The summed E-state index contributed by atoms with van der Waals surface area (Å²) in [6, 6.07) is 5.49. The van der Waals surface area contributed by atoms with Gasteiger partial charge in [-0.05, 0) is 40.3 Å². The molecule has 0 aromatic heterocycles. The fourth-order valence-electron chi connectivity index (χ4n) is 1.06. The molecule has 0 saturated heterocycles. The number of benzene rings is 1. The van der Waals surface area contributed by atoms with E-state index < -0.39 is 0 Å². The maximum atomic E-state index is 11.1. The minimum absolute atomic E-state index is 0.178. The summed E-state index contributed by atoms with van der Waals surface area (Å²) in [5.74, 6) is -0.314. The monoisotopic (exact) mass is 333 g/mol. The van der Waals surface area contributed by atoms with E-state index in [0.717, 1.165) is 9.13 Å². The molecule has 0 N–H and O–H groups in total. The Morgan fingerprint density at radius 2 is 2.33 bits per heavy atom. The third kappa shape index (κ3) is 3.11. The molecular formula is C10H8INO2S. The molecule has 0 fully saturated rings. The Hall–Kier alpha value is -0.740. The van der Waals surface area contributed by atoms with E-state index in [4.69, 9.17) is 5.26 Å². The van der Waals surface area contributed by atoms with Crippen LogP contribution in [0.3, 0.4) is 0 Å². The summed E-state index contributed by atoms with van der Waals surface area (Å²) in [5, 5.41) is 8.78. The molecule has 0 aliphatic heterocycles. The van der Waals surface area contributed by atoms with Crippen molar-refractivity contribution < 1.29 is 9.53 Å². The van der Waals surface area contributed by atoms with Crippen molar-refractivity contribution >= 4 is 41.2 Å². The van der Waals surface area contributed by atoms with E-state index in [2.05, 4.69) is 46.0 Å². The van der Waals surface area contributed by atoms with E-state index in [1.165, 1.54) is 7.11 Å². The topological polar surface area (TPSA) is 50.1 Å². The first-order valence-electron chi connectivity index (χ1n) is 4.06. The molecule has 1 aromatic rings. The number of nitriles is 1. The molecule has 0 radical (unpaired) electrons. The molecule has 0 unspecified atom stereocenters. The van der Waals surface area contributed by atoms with Crippen LogP contribution >= 0.6 is 35.2 Å². The first-order valence-corrected chi connectivity index (χ1v) is 5.59. The lowest BCUT2D eigenvalue weighted by molar-refractivity contribution is -0.139. The minimum atomic E-state index is -0.314. The third-order valence-corrected chi connectivity index (χ3v) is 3.16. The largest absolute Gasteiger partial charge is 0.469 e. The van der Waals surface area contributed by atoms with E-state index >= 15 is 0 Å². The highest BCUT2D eigenvalue weighted by atomic mass is 127. The zero-order chi connectivity index (χ0) is 11.4. The quantitative estimate of drug-likeness (QED) is 0.513. The summed E-state index contributed by atoms with van der Waals surface area (Å²) >= 11 is 6.27. The molecule has 0 heterocycles. The maximum Gasteiger partial charge on any atom is 0.310 e. The normalized spacial score (nSPS) is 9.47. The Bertz CT molecular complexity index is 440. The number of esters is 1. The van der Waals surface area contributed by atoms with Gasteiger partial charge in [0, 0.05) is 8.47 Å². The number of hydrogen-bond donors (Lipinski definition) is 1. The van der Waals surface area contributed by atoms with Crippen LogP contribution in [0.4, 0.5) is 0 Å². The second-order valence-electron chi connectivity index (χ2n) is 2.83. The van der Waals surface area contributed by atoms with Crippen molar-refractivity contribution in [3.63, 3.8) is 0 Å². The molecule has 0 bridgehead atoms. The summed E-state index contributed by atoms with van der Waals surface area (Å²) < 4.78 is 5.38. The molecule has 78 valence electrons. The van der Waals surface area contributed by atoms with Gasteiger partial charge in [0.1, 0.15) is 6.07 Å². The van der Waals surface area contributed by atoms with Crippen LogP contribution in [0.15, 0.2) is 17.0 Å². The lowest BCUT2D eigenvalue weighted by Gasteiger charge is -2.05. The highest BCUT2D eigenvalue weighted by molar-refractivity contribution is 14.1. The number of ether oxygens (including phenoxy) is 1. The molecule has 0 spiro atoms. The van der Waals surface area contributed by atoms with Crippen LogP contribution in [0.2, 0.25) is 0 Å². The van der Waals surface area contributed by atoms with E-state index in [1.54, 1.807) is 12.1 Å². The number of rotatable bonds is 2. The smallest absolute Gasteiger partial charge is 0.310 e. The highest BCUT2D eigenvalue weighted by Gasteiger charge is 2.09. The first kappa shape index (κ1) is 12.3. The van der Waals surface area contributed by atoms with Gasteiger partial charge >= 0.3 is 5.97 Å². The van der Waals surface area contributed by atoms with Crippen molar-refractivity contribution in [2.45, 2.75) is 11.3 Å². The predicted molar refractivity (Wildman–Crippen MR) is 66.8 cm³/mol. The van der Waals surface area contributed by atoms with Crippen LogP contribution in [-0.4, -0.2) is 13.1 Å². The fraction of sp³-hybridized carbons (Fsp3) is 0.200. The number of hydrogen-bond acceptors (Lipinski definition) is 4. The lowest BCUT2D eigenvalue weighted by Crippen LogP contribution is -2.05. The SMILES string of the molecule is COC(=O)Cc1cc(I)c(C#N)cc1S.